The molecule has 5 rings (SSSR count). The lowest BCUT2D eigenvalue weighted by atomic mass is 9.97. The summed E-state index contributed by atoms with van der Waals surface area (Å²) < 4.78 is 96.9. The summed E-state index contributed by atoms with van der Waals surface area (Å²) in [5, 5.41) is 36.1. The quantitative estimate of drug-likeness (QED) is 0.189. The second kappa shape index (κ2) is 21.1. The number of carbonyl (C=O) groups is 4. The zero-order valence-corrected chi connectivity index (χ0v) is 28.7. The van der Waals surface area contributed by atoms with Gasteiger partial charge in [0.1, 0.15) is 6.33 Å². The number of carbonyl (C=O) groups excluding carboxylic acids is 1. The summed E-state index contributed by atoms with van der Waals surface area (Å²) in [6.45, 7) is 8.21. The molecule has 0 unspecified atom stereocenters. The van der Waals surface area contributed by atoms with Gasteiger partial charge in [-0.1, -0.05) is 24.3 Å². The fourth-order valence-corrected chi connectivity index (χ4v) is 4.92. The molecule has 55 heavy (non-hydrogen) atoms. The van der Waals surface area contributed by atoms with Crippen LogP contribution in [-0.2, 0) is 33.8 Å². The predicted molar refractivity (Wildman–Crippen MR) is 172 cm³/mol. The van der Waals surface area contributed by atoms with Crippen LogP contribution in [0.3, 0.4) is 0 Å². The second-order valence-electron chi connectivity index (χ2n) is 11.7. The number of nitrogens with one attached hydrogen (secondary N) is 1. The first-order chi connectivity index (χ1) is 25.6. The van der Waals surface area contributed by atoms with Crippen LogP contribution in [0, 0.1) is 0 Å². The number of hydrogen-bond donors (Lipinski definition) is 4. The number of halogens is 9. The van der Waals surface area contributed by atoms with Crippen molar-refractivity contribution in [2.45, 2.75) is 50.8 Å². The van der Waals surface area contributed by atoms with Crippen LogP contribution in [0.4, 0.5) is 39.5 Å². The third kappa shape index (κ3) is 17.2. The number of ketones is 1. The molecule has 0 saturated carbocycles. The lowest BCUT2D eigenvalue weighted by Crippen LogP contribution is -2.46. The van der Waals surface area contributed by atoms with Crippen LogP contribution in [0.1, 0.15) is 39.9 Å². The molecule has 2 aromatic carbocycles. The third-order valence-corrected chi connectivity index (χ3v) is 7.70. The number of piperazine rings is 1. The van der Waals surface area contributed by atoms with Gasteiger partial charge in [-0.15, -0.1) is 5.10 Å². The van der Waals surface area contributed by atoms with Gasteiger partial charge < -0.3 is 25.5 Å². The number of fused-ring (bicyclic) bond motifs is 1. The smallest absolute Gasteiger partial charge is 0.475 e. The summed E-state index contributed by atoms with van der Waals surface area (Å²) in [6.07, 6.45) is -10.0. The van der Waals surface area contributed by atoms with Crippen molar-refractivity contribution in [3.8, 4) is 5.69 Å². The standard InChI is InChI=1S/C26H33N7O.3C2HF3O2/c34-26(24-6-5-22-9-11-27-12-10-23(22)18-24)2-1-13-31-14-16-32(17-15-31)19-21-3-7-25(8-4-21)33-20-28-29-30-33;3*3-2(4,5)1(6)7/h3-8,18,20,27H,1-2,9-17,19H2;3*(H,6,7). The fourth-order valence-electron chi connectivity index (χ4n) is 4.92. The van der Waals surface area contributed by atoms with Crippen molar-refractivity contribution in [2.75, 3.05) is 45.8 Å². The van der Waals surface area contributed by atoms with Crippen molar-refractivity contribution < 1.29 is 74.0 Å². The van der Waals surface area contributed by atoms with Crippen molar-refractivity contribution >= 4 is 23.7 Å². The number of carboxylic acid groups (broad SMARTS) is 3. The zero-order chi connectivity index (χ0) is 41.4. The highest BCUT2D eigenvalue weighted by Gasteiger charge is 2.39. The Balaban J connectivity index is 0.000000408. The van der Waals surface area contributed by atoms with Crippen LogP contribution >= 0.6 is 0 Å². The summed E-state index contributed by atoms with van der Waals surface area (Å²) in [5.41, 5.74) is 5.89. The van der Waals surface area contributed by atoms with E-state index in [1.807, 2.05) is 6.07 Å². The van der Waals surface area contributed by atoms with Crippen LogP contribution in [-0.4, -0.2) is 133 Å². The van der Waals surface area contributed by atoms with Crippen LogP contribution in [0.2, 0.25) is 0 Å². The maximum absolute atomic E-state index is 12.8. The topological polar surface area (TPSA) is 191 Å². The molecule has 0 spiro atoms. The molecule has 0 atom stereocenters. The Labute approximate surface area is 306 Å². The van der Waals surface area contributed by atoms with Gasteiger partial charge in [0.05, 0.1) is 5.69 Å². The zero-order valence-electron chi connectivity index (χ0n) is 28.7. The van der Waals surface area contributed by atoms with Gasteiger partial charge in [0.25, 0.3) is 0 Å². The van der Waals surface area contributed by atoms with Crippen molar-refractivity contribution in [1.29, 1.82) is 0 Å². The molecule has 1 saturated heterocycles. The van der Waals surface area contributed by atoms with Crippen molar-refractivity contribution in [3.63, 3.8) is 0 Å². The number of nitrogens with zero attached hydrogens (tertiary/aromatic N) is 6. The van der Waals surface area contributed by atoms with E-state index in [0.29, 0.717) is 6.42 Å². The molecule has 14 nitrogen and oxygen atoms in total. The fraction of sp³-hybridized carbons (Fsp3) is 0.469. The molecule has 1 aromatic heterocycles. The molecule has 23 heteroatoms. The molecule has 3 heterocycles. The van der Waals surface area contributed by atoms with Crippen LogP contribution in [0.25, 0.3) is 5.69 Å². The lowest BCUT2D eigenvalue weighted by Gasteiger charge is -2.34. The van der Waals surface area contributed by atoms with Crippen molar-refractivity contribution in [1.82, 2.24) is 35.3 Å². The maximum Gasteiger partial charge on any atom is 0.490 e. The third-order valence-electron chi connectivity index (χ3n) is 7.70. The Morgan fingerprint density at radius 1 is 0.691 bits per heavy atom. The minimum atomic E-state index is -5.08. The Kier molecular flexibility index (Phi) is 17.6. The first-order valence-corrected chi connectivity index (χ1v) is 16.1. The summed E-state index contributed by atoms with van der Waals surface area (Å²) in [5.74, 6) is -7.99. The SMILES string of the molecule is O=C(CCCN1CCN(Cc2ccc(-n3cnnn3)cc2)CC1)c1ccc2c(c1)CCNCC2.O=C(O)C(F)(F)F.O=C(O)C(F)(F)F.O=C(O)C(F)(F)F. The Bertz CT molecular complexity index is 1620. The highest BCUT2D eigenvalue weighted by Crippen LogP contribution is 2.18. The Morgan fingerprint density at radius 2 is 1.18 bits per heavy atom. The van der Waals surface area contributed by atoms with Crippen LogP contribution in [0.5, 0.6) is 0 Å². The predicted octanol–water partition coefficient (Wildman–Crippen LogP) is 4.03. The van der Waals surface area contributed by atoms with Crippen LogP contribution in [0.15, 0.2) is 48.8 Å². The molecular weight excluding hydrogens is 765 g/mol. The van der Waals surface area contributed by atoms with Gasteiger partial charge in [-0.25, -0.2) is 19.1 Å². The van der Waals surface area contributed by atoms with Gasteiger partial charge >= 0.3 is 36.4 Å². The summed E-state index contributed by atoms with van der Waals surface area (Å²) in [7, 11) is 0. The molecular formula is C32H36F9N7O7. The molecule has 2 aliphatic rings. The molecule has 0 radical (unpaired) electrons. The van der Waals surface area contributed by atoms with E-state index in [4.69, 9.17) is 29.7 Å². The Hall–Kier alpha value is -5.16. The van der Waals surface area contributed by atoms with E-state index in [-0.39, 0.29) is 5.78 Å². The number of Topliss-reactive ketones (excluding diaryl/α,β-unsaturated/α-hetero) is 1. The number of tetrazole rings is 1. The molecule has 0 bridgehead atoms. The minimum Gasteiger partial charge on any atom is -0.475 e. The minimum absolute atomic E-state index is 0.281. The van der Waals surface area contributed by atoms with Crippen molar-refractivity contribution in [2.24, 2.45) is 0 Å². The van der Waals surface area contributed by atoms with E-state index in [9.17, 15) is 44.3 Å². The summed E-state index contributed by atoms with van der Waals surface area (Å²) in [4.78, 5) is 44.4. The first-order valence-electron chi connectivity index (χ1n) is 16.1. The molecule has 4 N–H and O–H groups in total. The van der Waals surface area contributed by atoms with Gasteiger partial charge in [0.15, 0.2) is 5.78 Å². The first kappa shape index (κ1) is 46.0. The molecule has 2 aliphatic heterocycles. The molecule has 1 fully saturated rings. The number of aliphatic carboxylic acids is 3. The average molecular weight is 802 g/mol. The molecule has 3 aromatic rings. The highest BCUT2D eigenvalue weighted by molar-refractivity contribution is 5.96. The van der Waals surface area contributed by atoms with Gasteiger partial charge in [0, 0.05) is 44.7 Å². The average Bonchev–Trinajstić information content (AvgIpc) is 3.54. The molecule has 0 amide bonds. The Morgan fingerprint density at radius 3 is 1.65 bits per heavy atom. The number of carboxylic acids is 3. The van der Waals surface area contributed by atoms with Gasteiger partial charge in [-0.05, 0) is 84.2 Å². The normalized spacial score (nSPS) is 15.0. The molecule has 0 aliphatic carbocycles. The summed E-state index contributed by atoms with van der Waals surface area (Å²) >= 11 is 0. The maximum atomic E-state index is 12.8. The van der Waals surface area contributed by atoms with E-state index in [2.05, 4.69) is 67.0 Å². The largest absolute Gasteiger partial charge is 0.490 e. The van der Waals surface area contributed by atoms with Crippen molar-refractivity contribution in [3.05, 3.63) is 71.0 Å². The highest BCUT2D eigenvalue weighted by atomic mass is 19.4. The number of benzene rings is 2. The van der Waals surface area contributed by atoms with E-state index in [0.717, 1.165) is 82.9 Å². The number of rotatable bonds is 8. The van der Waals surface area contributed by atoms with Crippen LogP contribution < -0.4 is 5.32 Å². The van der Waals surface area contributed by atoms with Gasteiger partial charge in [-0.2, -0.15) is 39.5 Å². The van der Waals surface area contributed by atoms with Gasteiger partial charge in [0.2, 0.25) is 0 Å². The van der Waals surface area contributed by atoms with E-state index in [1.165, 1.54) is 16.7 Å². The van der Waals surface area contributed by atoms with Gasteiger partial charge in [-0.3, -0.25) is 9.69 Å². The lowest BCUT2D eigenvalue weighted by molar-refractivity contribution is -0.193. The van der Waals surface area contributed by atoms with E-state index < -0.39 is 36.4 Å². The van der Waals surface area contributed by atoms with E-state index >= 15 is 0 Å². The van der Waals surface area contributed by atoms with E-state index in [1.54, 1.807) is 11.0 Å². The monoisotopic (exact) mass is 801 g/mol. The number of hydrogen-bond acceptors (Lipinski definition) is 10. The number of alkyl halides is 9. The second-order valence-corrected chi connectivity index (χ2v) is 11.7. The molecule has 304 valence electrons. The number of aromatic nitrogens is 4. The summed E-state index contributed by atoms with van der Waals surface area (Å²) in [6, 6.07) is 14.7.